The fraction of sp³-hybridized carbons (Fsp3) is 0.312. The maximum Gasteiger partial charge on any atom is 0.387 e. The summed E-state index contributed by atoms with van der Waals surface area (Å²) in [5.41, 5.74) is 1.22. The Morgan fingerprint density at radius 3 is 2.61 bits per heavy atom. The van der Waals surface area contributed by atoms with E-state index in [1.165, 1.54) is 12.1 Å². The third-order valence-electron chi connectivity index (χ3n) is 3.36. The number of halogens is 3. The molecule has 0 aliphatic rings. The first-order valence-corrected chi connectivity index (χ1v) is 7.41. The second-order valence-electron chi connectivity index (χ2n) is 4.99. The monoisotopic (exact) mass is 342 g/mol. The molecule has 2 rings (SSSR count). The lowest BCUT2D eigenvalue weighted by Crippen LogP contribution is -2.25. The van der Waals surface area contributed by atoms with E-state index in [9.17, 15) is 13.9 Å². The summed E-state index contributed by atoms with van der Waals surface area (Å²) in [7, 11) is 0. The molecule has 2 N–H and O–H groups in total. The molecule has 0 saturated carbocycles. The van der Waals surface area contributed by atoms with Crippen LogP contribution in [0.1, 0.15) is 30.2 Å². The second kappa shape index (κ2) is 8.19. The van der Waals surface area contributed by atoms with Crippen molar-refractivity contribution in [2.24, 2.45) is 0 Å². The highest BCUT2D eigenvalue weighted by Crippen LogP contribution is 2.29. The molecule has 4 nitrogen and oxygen atoms in total. The highest BCUT2D eigenvalue weighted by atomic mass is 35.5. The van der Waals surface area contributed by atoms with Gasteiger partial charge >= 0.3 is 6.61 Å². The van der Waals surface area contributed by atoms with Crippen molar-refractivity contribution in [1.82, 2.24) is 10.3 Å². The van der Waals surface area contributed by atoms with Gasteiger partial charge in [0.25, 0.3) is 0 Å². The first kappa shape index (κ1) is 17.6. The lowest BCUT2D eigenvalue weighted by atomic mass is 10.1. The summed E-state index contributed by atoms with van der Waals surface area (Å²) >= 11 is 5.93. The SMILES string of the molecule is CC(NCC(O)c1ccncc1)c1cc(Cl)ccc1OC(F)F. The van der Waals surface area contributed by atoms with Gasteiger partial charge in [0.2, 0.25) is 0 Å². The van der Waals surface area contributed by atoms with E-state index in [0.29, 0.717) is 10.6 Å². The van der Waals surface area contributed by atoms with Crippen molar-refractivity contribution in [2.45, 2.75) is 25.7 Å². The van der Waals surface area contributed by atoms with Gasteiger partial charge in [-0.2, -0.15) is 8.78 Å². The molecular weight excluding hydrogens is 326 g/mol. The highest BCUT2D eigenvalue weighted by molar-refractivity contribution is 6.30. The average Bonchev–Trinajstić information content (AvgIpc) is 2.54. The van der Waals surface area contributed by atoms with Crippen molar-refractivity contribution in [1.29, 1.82) is 0 Å². The average molecular weight is 343 g/mol. The van der Waals surface area contributed by atoms with E-state index < -0.39 is 12.7 Å². The van der Waals surface area contributed by atoms with Gasteiger partial charge in [-0.25, -0.2) is 0 Å². The minimum atomic E-state index is -2.91. The number of hydrogen-bond donors (Lipinski definition) is 2. The minimum Gasteiger partial charge on any atom is -0.434 e. The van der Waals surface area contributed by atoms with Crippen LogP contribution in [0.25, 0.3) is 0 Å². The van der Waals surface area contributed by atoms with Gasteiger partial charge in [0.15, 0.2) is 0 Å². The minimum absolute atomic E-state index is 0.0581. The quantitative estimate of drug-likeness (QED) is 0.805. The van der Waals surface area contributed by atoms with Gasteiger partial charge in [0.1, 0.15) is 5.75 Å². The van der Waals surface area contributed by atoms with Gasteiger partial charge in [-0.05, 0) is 42.8 Å². The fourth-order valence-electron chi connectivity index (χ4n) is 2.16. The van der Waals surface area contributed by atoms with Crippen LogP contribution >= 0.6 is 11.6 Å². The standard InChI is InChI=1S/C16H17ClF2N2O2/c1-10(21-9-14(22)11-4-6-20-7-5-11)13-8-12(17)2-3-15(13)23-16(18)19/h2-8,10,14,16,21-22H,9H2,1H3. The molecule has 1 aromatic carbocycles. The molecule has 2 atom stereocenters. The van der Waals surface area contributed by atoms with Crippen LogP contribution in [0.4, 0.5) is 8.78 Å². The Hall–Kier alpha value is -1.76. The summed E-state index contributed by atoms with van der Waals surface area (Å²) in [6, 6.07) is 7.54. The Balaban J connectivity index is 2.05. The smallest absolute Gasteiger partial charge is 0.387 e. The number of rotatable bonds is 7. The largest absolute Gasteiger partial charge is 0.434 e. The summed E-state index contributed by atoms with van der Waals surface area (Å²) in [6.45, 7) is -0.890. The number of aliphatic hydroxyl groups excluding tert-OH is 1. The van der Waals surface area contributed by atoms with Crippen molar-refractivity contribution in [2.75, 3.05) is 6.54 Å². The molecule has 124 valence electrons. The van der Waals surface area contributed by atoms with Crippen molar-refractivity contribution in [3.8, 4) is 5.75 Å². The summed E-state index contributed by atoms with van der Waals surface area (Å²) in [6.07, 6.45) is 2.44. The van der Waals surface area contributed by atoms with E-state index in [2.05, 4.69) is 15.0 Å². The molecule has 2 aromatic rings. The van der Waals surface area contributed by atoms with Crippen molar-refractivity contribution in [3.05, 3.63) is 58.9 Å². The molecule has 0 saturated heterocycles. The Bertz CT molecular complexity index is 629. The van der Waals surface area contributed by atoms with Gasteiger partial charge in [0, 0.05) is 35.6 Å². The number of hydrogen-bond acceptors (Lipinski definition) is 4. The molecular formula is C16H17ClF2N2O2. The van der Waals surface area contributed by atoms with Gasteiger partial charge in [-0.3, -0.25) is 4.98 Å². The van der Waals surface area contributed by atoms with Crippen LogP contribution in [-0.4, -0.2) is 23.2 Å². The normalized spacial score (nSPS) is 13.8. The number of aliphatic hydroxyl groups is 1. The van der Waals surface area contributed by atoms with Gasteiger partial charge in [-0.15, -0.1) is 0 Å². The topological polar surface area (TPSA) is 54.4 Å². The van der Waals surface area contributed by atoms with E-state index in [-0.39, 0.29) is 18.3 Å². The van der Waals surface area contributed by atoms with Gasteiger partial charge < -0.3 is 15.2 Å². The Morgan fingerprint density at radius 2 is 1.96 bits per heavy atom. The zero-order valence-corrected chi connectivity index (χ0v) is 13.2. The molecule has 2 unspecified atom stereocenters. The van der Waals surface area contributed by atoms with Crippen LogP contribution < -0.4 is 10.1 Å². The molecule has 0 amide bonds. The number of benzene rings is 1. The summed E-state index contributed by atoms with van der Waals surface area (Å²) in [5.74, 6) is 0.0581. The number of ether oxygens (including phenoxy) is 1. The van der Waals surface area contributed by atoms with Crippen LogP contribution in [-0.2, 0) is 0 Å². The predicted octanol–water partition coefficient (Wildman–Crippen LogP) is 3.72. The summed E-state index contributed by atoms with van der Waals surface area (Å²) < 4.78 is 29.5. The number of pyridine rings is 1. The lowest BCUT2D eigenvalue weighted by molar-refractivity contribution is -0.0507. The third-order valence-corrected chi connectivity index (χ3v) is 3.60. The first-order valence-electron chi connectivity index (χ1n) is 7.03. The first-order chi connectivity index (χ1) is 11.0. The van der Waals surface area contributed by atoms with Crippen LogP contribution in [0.3, 0.4) is 0 Å². The molecule has 0 aliphatic carbocycles. The number of aromatic nitrogens is 1. The molecule has 0 aliphatic heterocycles. The van der Waals surface area contributed by atoms with Crippen LogP contribution in [0.2, 0.25) is 5.02 Å². The third kappa shape index (κ3) is 5.13. The Kier molecular flexibility index (Phi) is 6.27. The zero-order chi connectivity index (χ0) is 16.8. The van der Waals surface area contributed by atoms with E-state index in [0.717, 1.165) is 5.56 Å². The van der Waals surface area contributed by atoms with Crippen molar-refractivity contribution in [3.63, 3.8) is 0 Å². The maximum absolute atomic E-state index is 12.5. The zero-order valence-electron chi connectivity index (χ0n) is 12.4. The van der Waals surface area contributed by atoms with Crippen LogP contribution in [0, 0.1) is 0 Å². The molecule has 1 heterocycles. The highest BCUT2D eigenvalue weighted by Gasteiger charge is 2.17. The van der Waals surface area contributed by atoms with E-state index >= 15 is 0 Å². The Morgan fingerprint density at radius 1 is 1.26 bits per heavy atom. The maximum atomic E-state index is 12.5. The van der Waals surface area contributed by atoms with Gasteiger partial charge in [0.05, 0.1) is 6.10 Å². The van der Waals surface area contributed by atoms with Crippen LogP contribution in [0.15, 0.2) is 42.7 Å². The van der Waals surface area contributed by atoms with Crippen molar-refractivity contribution < 1.29 is 18.6 Å². The summed E-state index contributed by atoms with van der Waals surface area (Å²) in [5, 5.41) is 13.6. The lowest BCUT2D eigenvalue weighted by Gasteiger charge is -2.20. The molecule has 0 radical (unpaired) electrons. The van der Waals surface area contributed by atoms with E-state index in [1.54, 1.807) is 37.5 Å². The van der Waals surface area contributed by atoms with E-state index in [1.807, 2.05) is 0 Å². The molecule has 0 bridgehead atoms. The number of nitrogens with one attached hydrogen (secondary N) is 1. The number of alkyl halides is 2. The van der Waals surface area contributed by atoms with Gasteiger partial charge in [-0.1, -0.05) is 11.6 Å². The molecule has 7 heteroatoms. The Labute approximate surface area is 138 Å². The van der Waals surface area contributed by atoms with E-state index in [4.69, 9.17) is 11.6 Å². The molecule has 23 heavy (non-hydrogen) atoms. The summed E-state index contributed by atoms with van der Waals surface area (Å²) in [4.78, 5) is 3.89. The van der Waals surface area contributed by atoms with Crippen molar-refractivity contribution >= 4 is 11.6 Å². The molecule has 1 aromatic heterocycles. The predicted molar refractivity (Wildman–Crippen MR) is 83.7 cm³/mol. The number of nitrogens with zero attached hydrogens (tertiary/aromatic N) is 1. The van der Waals surface area contributed by atoms with Crippen LogP contribution in [0.5, 0.6) is 5.75 Å². The fourth-order valence-corrected chi connectivity index (χ4v) is 2.34. The molecule has 0 fully saturated rings. The molecule has 0 spiro atoms. The second-order valence-corrected chi connectivity index (χ2v) is 5.42.